The maximum absolute atomic E-state index is 12.4. The highest BCUT2D eigenvalue weighted by atomic mass is 35.5. The van der Waals surface area contributed by atoms with Gasteiger partial charge in [-0.3, -0.25) is 14.6 Å². The Morgan fingerprint density at radius 2 is 1.78 bits per heavy atom. The van der Waals surface area contributed by atoms with Crippen LogP contribution < -0.4 is 5.32 Å². The Labute approximate surface area is 139 Å². The molecule has 118 valence electrons. The molecule has 23 heavy (non-hydrogen) atoms. The Morgan fingerprint density at radius 3 is 2.48 bits per heavy atom. The molecule has 0 saturated heterocycles. The third-order valence-electron chi connectivity index (χ3n) is 4.06. The third kappa shape index (κ3) is 3.96. The Bertz CT molecular complexity index is 718. The molecular weight excluding hydrogens is 312 g/mol. The molecule has 0 atom stereocenters. The number of nitrogens with zero attached hydrogens (tertiary/aromatic N) is 1. The first-order valence-corrected chi connectivity index (χ1v) is 8.03. The molecule has 1 heterocycles. The average molecular weight is 329 g/mol. The predicted molar refractivity (Wildman–Crippen MR) is 89.4 cm³/mol. The second-order valence-corrected chi connectivity index (χ2v) is 6.19. The number of hydrogen-bond acceptors (Lipinski definition) is 3. The molecule has 5 heteroatoms. The lowest BCUT2D eigenvalue weighted by molar-refractivity contribution is -0.120. The van der Waals surface area contributed by atoms with Crippen molar-refractivity contribution >= 4 is 23.3 Å². The van der Waals surface area contributed by atoms with Gasteiger partial charge in [-0.2, -0.15) is 0 Å². The zero-order valence-electron chi connectivity index (χ0n) is 12.6. The van der Waals surface area contributed by atoms with E-state index in [4.69, 9.17) is 11.6 Å². The first kappa shape index (κ1) is 15.7. The Morgan fingerprint density at radius 1 is 1.09 bits per heavy atom. The number of carbonyl (C=O) groups excluding carboxylic acids is 2. The van der Waals surface area contributed by atoms with Gasteiger partial charge in [0.2, 0.25) is 0 Å². The topological polar surface area (TPSA) is 59.1 Å². The molecule has 1 N–H and O–H groups in total. The van der Waals surface area contributed by atoms with E-state index in [1.54, 1.807) is 12.4 Å². The van der Waals surface area contributed by atoms with E-state index >= 15 is 0 Å². The Balaban J connectivity index is 1.72. The monoisotopic (exact) mass is 328 g/mol. The number of carbonyl (C=O) groups is 2. The van der Waals surface area contributed by atoms with Gasteiger partial charge in [0.1, 0.15) is 5.78 Å². The van der Waals surface area contributed by atoms with E-state index in [2.05, 4.69) is 10.3 Å². The normalized spacial score (nSPS) is 15.4. The second kappa shape index (κ2) is 6.92. The van der Waals surface area contributed by atoms with Crippen molar-refractivity contribution in [2.75, 3.05) is 0 Å². The standard InChI is InChI=1S/C18H17ClN2O2/c19-15-3-1-12(2-4-15)13-9-14(11-20-10-13)18(23)21-16-5-7-17(22)8-6-16/h1-4,9-11,16H,5-8H2,(H,21,23). The zero-order valence-corrected chi connectivity index (χ0v) is 13.3. The van der Waals surface area contributed by atoms with Gasteiger partial charge >= 0.3 is 0 Å². The molecular formula is C18H17ClN2O2. The minimum atomic E-state index is -0.146. The van der Waals surface area contributed by atoms with Crippen molar-refractivity contribution in [2.24, 2.45) is 0 Å². The number of ketones is 1. The summed E-state index contributed by atoms with van der Waals surface area (Å²) in [6.45, 7) is 0. The molecule has 0 spiro atoms. The van der Waals surface area contributed by atoms with Gasteiger partial charge in [0, 0.05) is 41.9 Å². The van der Waals surface area contributed by atoms with Crippen molar-refractivity contribution in [2.45, 2.75) is 31.7 Å². The highest BCUT2D eigenvalue weighted by Crippen LogP contribution is 2.22. The average Bonchev–Trinajstić information content (AvgIpc) is 2.58. The summed E-state index contributed by atoms with van der Waals surface area (Å²) in [5, 5.41) is 3.66. The molecule has 1 aliphatic carbocycles. The summed E-state index contributed by atoms with van der Waals surface area (Å²) in [5.74, 6) is 0.134. The Kier molecular flexibility index (Phi) is 4.72. The lowest BCUT2D eigenvalue weighted by Crippen LogP contribution is -2.37. The molecule has 0 unspecified atom stereocenters. The number of aromatic nitrogens is 1. The van der Waals surface area contributed by atoms with Crippen molar-refractivity contribution in [3.05, 3.63) is 53.3 Å². The molecule has 1 aromatic heterocycles. The fourth-order valence-electron chi connectivity index (χ4n) is 2.72. The summed E-state index contributed by atoms with van der Waals surface area (Å²) in [6, 6.07) is 9.30. The van der Waals surface area contributed by atoms with Crippen molar-refractivity contribution in [3.63, 3.8) is 0 Å². The van der Waals surface area contributed by atoms with E-state index in [1.807, 2.05) is 30.3 Å². The van der Waals surface area contributed by atoms with Crippen LogP contribution in [0.5, 0.6) is 0 Å². The number of Topliss-reactive ketones (excluding diaryl/α,β-unsaturated/α-hetero) is 1. The highest BCUT2D eigenvalue weighted by Gasteiger charge is 2.21. The van der Waals surface area contributed by atoms with Gasteiger partial charge in [0.05, 0.1) is 5.56 Å². The summed E-state index contributed by atoms with van der Waals surface area (Å²) < 4.78 is 0. The molecule has 3 rings (SSSR count). The van der Waals surface area contributed by atoms with Gasteiger partial charge < -0.3 is 5.32 Å². The lowest BCUT2D eigenvalue weighted by atomic mass is 9.94. The van der Waals surface area contributed by atoms with E-state index in [1.165, 1.54) is 0 Å². The van der Waals surface area contributed by atoms with Crippen molar-refractivity contribution in [1.82, 2.24) is 10.3 Å². The van der Waals surface area contributed by atoms with E-state index in [0.717, 1.165) is 24.0 Å². The van der Waals surface area contributed by atoms with Gasteiger partial charge in [0.15, 0.2) is 0 Å². The van der Waals surface area contributed by atoms with Crippen molar-refractivity contribution in [1.29, 1.82) is 0 Å². The number of benzene rings is 1. The molecule has 1 amide bonds. The second-order valence-electron chi connectivity index (χ2n) is 5.76. The van der Waals surface area contributed by atoms with Crippen LogP contribution in [0, 0.1) is 0 Å². The number of halogens is 1. The van der Waals surface area contributed by atoms with Crippen LogP contribution in [0.1, 0.15) is 36.0 Å². The van der Waals surface area contributed by atoms with Crippen LogP contribution in [-0.2, 0) is 4.79 Å². The van der Waals surface area contributed by atoms with E-state index < -0.39 is 0 Å². The maximum atomic E-state index is 12.4. The summed E-state index contributed by atoms with van der Waals surface area (Å²) in [4.78, 5) is 27.8. The number of rotatable bonds is 3. The van der Waals surface area contributed by atoms with Crippen molar-refractivity contribution in [3.8, 4) is 11.1 Å². The molecule has 1 aromatic carbocycles. The molecule has 4 nitrogen and oxygen atoms in total. The molecule has 1 saturated carbocycles. The van der Waals surface area contributed by atoms with Crippen LogP contribution in [0.3, 0.4) is 0 Å². The largest absolute Gasteiger partial charge is 0.349 e. The van der Waals surface area contributed by atoms with Crippen LogP contribution in [0.4, 0.5) is 0 Å². The fraction of sp³-hybridized carbons (Fsp3) is 0.278. The molecule has 0 aliphatic heterocycles. The highest BCUT2D eigenvalue weighted by molar-refractivity contribution is 6.30. The predicted octanol–water partition coefficient (Wildman–Crippen LogP) is 3.64. The van der Waals surface area contributed by atoms with E-state index in [9.17, 15) is 9.59 Å². The summed E-state index contributed by atoms with van der Waals surface area (Å²) in [6.07, 6.45) is 5.81. The molecule has 1 aliphatic rings. The first-order chi connectivity index (χ1) is 11.1. The number of hydrogen-bond donors (Lipinski definition) is 1. The van der Waals surface area contributed by atoms with Gasteiger partial charge in [-0.05, 0) is 36.6 Å². The SMILES string of the molecule is O=C1CCC(NC(=O)c2cncc(-c3ccc(Cl)cc3)c2)CC1. The fourth-order valence-corrected chi connectivity index (χ4v) is 2.84. The van der Waals surface area contributed by atoms with Gasteiger partial charge in [-0.15, -0.1) is 0 Å². The van der Waals surface area contributed by atoms with Crippen LogP contribution in [0.25, 0.3) is 11.1 Å². The van der Waals surface area contributed by atoms with Crippen molar-refractivity contribution < 1.29 is 9.59 Å². The van der Waals surface area contributed by atoms with Crippen LogP contribution >= 0.6 is 11.6 Å². The zero-order chi connectivity index (χ0) is 16.2. The van der Waals surface area contributed by atoms with E-state index in [-0.39, 0.29) is 17.7 Å². The van der Waals surface area contributed by atoms with Crippen LogP contribution in [0.15, 0.2) is 42.7 Å². The third-order valence-corrected chi connectivity index (χ3v) is 4.31. The number of pyridine rings is 1. The van der Waals surface area contributed by atoms with Crippen LogP contribution in [0.2, 0.25) is 5.02 Å². The molecule has 2 aromatic rings. The summed E-state index contributed by atoms with van der Waals surface area (Å²) in [5.41, 5.74) is 2.35. The summed E-state index contributed by atoms with van der Waals surface area (Å²) in [7, 11) is 0. The van der Waals surface area contributed by atoms with E-state index in [0.29, 0.717) is 23.4 Å². The molecule has 0 radical (unpaired) electrons. The smallest absolute Gasteiger partial charge is 0.253 e. The van der Waals surface area contributed by atoms with Gasteiger partial charge in [0.25, 0.3) is 5.91 Å². The quantitative estimate of drug-likeness (QED) is 0.935. The summed E-state index contributed by atoms with van der Waals surface area (Å²) >= 11 is 5.90. The van der Waals surface area contributed by atoms with Crippen LogP contribution in [-0.4, -0.2) is 22.7 Å². The lowest BCUT2D eigenvalue weighted by Gasteiger charge is -2.22. The minimum Gasteiger partial charge on any atom is -0.349 e. The maximum Gasteiger partial charge on any atom is 0.253 e. The van der Waals surface area contributed by atoms with Gasteiger partial charge in [-0.1, -0.05) is 23.7 Å². The molecule has 0 bridgehead atoms. The first-order valence-electron chi connectivity index (χ1n) is 7.65. The van der Waals surface area contributed by atoms with Gasteiger partial charge in [-0.25, -0.2) is 0 Å². The number of nitrogens with one attached hydrogen (secondary N) is 1. The number of amides is 1. The molecule has 1 fully saturated rings. The Hall–Kier alpha value is -2.20. The minimum absolute atomic E-state index is 0.0689.